The fourth-order valence-electron chi connectivity index (χ4n) is 1.80. The highest BCUT2D eigenvalue weighted by atomic mass is 35.5. The SMILES string of the molecule is CN(c1ccccc1C(N)=O)S(=O)(=O)c1cccnc1Cl. The fourth-order valence-corrected chi connectivity index (χ4v) is 3.44. The molecule has 2 aromatic rings. The molecule has 0 aliphatic heterocycles. The summed E-state index contributed by atoms with van der Waals surface area (Å²) in [6, 6.07) is 8.96. The van der Waals surface area contributed by atoms with Crippen LogP contribution in [0.15, 0.2) is 47.5 Å². The molecule has 6 nitrogen and oxygen atoms in total. The molecule has 0 aliphatic carbocycles. The molecule has 110 valence electrons. The molecule has 0 radical (unpaired) electrons. The van der Waals surface area contributed by atoms with Crippen molar-refractivity contribution in [2.45, 2.75) is 4.90 Å². The lowest BCUT2D eigenvalue weighted by molar-refractivity contribution is 0.100. The van der Waals surface area contributed by atoms with Crippen LogP contribution in [0.2, 0.25) is 5.15 Å². The number of rotatable bonds is 4. The van der Waals surface area contributed by atoms with E-state index in [1.165, 1.54) is 37.5 Å². The monoisotopic (exact) mass is 325 g/mol. The molecule has 1 aromatic heterocycles. The first-order valence-corrected chi connectivity index (χ1v) is 7.66. The molecule has 0 saturated carbocycles. The first kappa shape index (κ1) is 15.3. The number of para-hydroxylation sites is 1. The zero-order valence-corrected chi connectivity index (χ0v) is 12.6. The predicted octanol–water partition coefficient (Wildman–Crippen LogP) is 1.66. The lowest BCUT2D eigenvalue weighted by atomic mass is 10.2. The molecule has 8 heteroatoms. The number of halogens is 1. The number of primary amides is 1. The number of pyridine rings is 1. The molecule has 1 heterocycles. The average molecular weight is 326 g/mol. The summed E-state index contributed by atoms with van der Waals surface area (Å²) in [5, 5.41) is -0.138. The van der Waals surface area contributed by atoms with Crippen molar-refractivity contribution in [3.05, 3.63) is 53.3 Å². The van der Waals surface area contributed by atoms with Crippen molar-refractivity contribution in [2.75, 3.05) is 11.4 Å². The quantitative estimate of drug-likeness (QED) is 0.865. The molecule has 0 bridgehead atoms. The van der Waals surface area contributed by atoms with Gasteiger partial charge in [-0.05, 0) is 24.3 Å². The Morgan fingerprint density at radius 1 is 1.24 bits per heavy atom. The third-order valence-electron chi connectivity index (χ3n) is 2.87. The topological polar surface area (TPSA) is 93.4 Å². The lowest BCUT2D eigenvalue weighted by Crippen LogP contribution is -2.29. The molecule has 1 aromatic carbocycles. The van der Waals surface area contributed by atoms with Gasteiger partial charge in [0.1, 0.15) is 10.0 Å². The highest BCUT2D eigenvalue weighted by Crippen LogP contribution is 2.27. The van der Waals surface area contributed by atoms with Crippen LogP contribution in [0, 0.1) is 0 Å². The maximum absolute atomic E-state index is 12.6. The number of carbonyl (C=O) groups is 1. The van der Waals surface area contributed by atoms with E-state index in [1.54, 1.807) is 12.1 Å². The fraction of sp³-hybridized carbons (Fsp3) is 0.0769. The zero-order chi connectivity index (χ0) is 15.6. The van der Waals surface area contributed by atoms with E-state index in [9.17, 15) is 13.2 Å². The van der Waals surface area contributed by atoms with Gasteiger partial charge in [-0.2, -0.15) is 0 Å². The van der Waals surface area contributed by atoms with Crippen LogP contribution in [0.4, 0.5) is 5.69 Å². The summed E-state index contributed by atoms with van der Waals surface area (Å²) >= 11 is 5.83. The van der Waals surface area contributed by atoms with Crippen LogP contribution in [0.1, 0.15) is 10.4 Å². The Morgan fingerprint density at radius 3 is 2.52 bits per heavy atom. The Balaban J connectivity index is 2.57. The van der Waals surface area contributed by atoms with E-state index < -0.39 is 15.9 Å². The second-order valence-corrected chi connectivity index (χ2v) is 6.44. The second kappa shape index (κ2) is 5.71. The Hall–Kier alpha value is -2.12. The normalized spacial score (nSPS) is 11.1. The highest BCUT2D eigenvalue weighted by molar-refractivity contribution is 7.93. The number of aromatic nitrogens is 1. The largest absolute Gasteiger partial charge is 0.366 e. The number of sulfonamides is 1. The van der Waals surface area contributed by atoms with E-state index in [4.69, 9.17) is 17.3 Å². The van der Waals surface area contributed by atoms with E-state index in [-0.39, 0.29) is 21.3 Å². The first-order valence-electron chi connectivity index (χ1n) is 5.84. The number of amides is 1. The minimum absolute atomic E-state index is 0.101. The first-order chi connectivity index (χ1) is 9.85. The summed E-state index contributed by atoms with van der Waals surface area (Å²) in [6.45, 7) is 0. The highest BCUT2D eigenvalue weighted by Gasteiger charge is 2.26. The van der Waals surface area contributed by atoms with Crippen molar-refractivity contribution in [1.29, 1.82) is 0 Å². The van der Waals surface area contributed by atoms with Crippen molar-refractivity contribution in [2.24, 2.45) is 5.73 Å². The molecular formula is C13H12ClN3O3S. The van der Waals surface area contributed by atoms with Gasteiger partial charge in [0, 0.05) is 13.2 Å². The van der Waals surface area contributed by atoms with E-state index in [2.05, 4.69) is 4.98 Å². The van der Waals surface area contributed by atoms with Gasteiger partial charge in [-0.1, -0.05) is 23.7 Å². The number of nitrogens with two attached hydrogens (primary N) is 1. The Bertz CT molecular complexity index is 793. The van der Waals surface area contributed by atoms with E-state index in [1.807, 2.05) is 0 Å². The molecule has 0 unspecified atom stereocenters. The third-order valence-corrected chi connectivity index (χ3v) is 5.09. The van der Waals surface area contributed by atoms with Gasteiger partial charge < -0.3 is 5.73 Å². The summed E-state index contributed by atoms with van der Waals surface area (Å²) in [6.07, 6.45) is 1.39. The molecule has 2 rings (SSSR count). The number of benzene rings is 1. The lowest BCUT2D eigenvalue weighted by Gasteiger charge is -2.21. The number of hydrogen-bond acceptors (Lipinski definition) is 4. The van der Waals surface area contributed by atoms with Gasteiger partial charge in [0.05, 0.1) is 11.3 Å². The Kier molecular flexibility index (Phi) is 4.15. The number of hydrogen-bond donors (Lipinski definition) is 1. The summed E-state index contributed by atoms with van der Waals surface area (Å²) in [5.41, 5.74) is 5.54. The van der Waals surface area contributed by atoms with Crippen LogP contribution in [0.5, 0.6) is 0 Å². The number of anilines is 1. The molecular weight excluding hydrogens is 314 g/mol. The van der Waals surface area contributed by atoms with Crippen molar-refractivity contribution in [1.82, 2.24) is 4.98 Å². The molecule has 0 fully saturated rings. The van der Waals surface area contributed by atoms with Crippen LogP contribution >= 0.6 is 11.6 Å². The summed E-state index contributed by atoms with van der Waals surface area (Å²) in [4.78, 5) is 15.0. The van der Waals surface area contributed by atoms with Crippen LogP contribution < -0.4 is 10.0 Å². The standard InChI is InChI=1S/C13H12ClN3O3S/c1-17(10-6-3-2-5-9(10)13(15)18)21(19,20)11-7-4-8-16-12(11)14/h2-8H,1H3,(H2,15,18). The molecule has 0 atom stereocenters. The third kappa shape index (κ3) is 2.84. The van der Waals surface area contributed by atoms with Gasteiger partial charge in [0.25, 0.3) is 15.9 Å². The van der Waals surface area contributed by atoms with Crippen molar-refractivity contribution >= 4 is 33.2 Å². The van der Waals surface area contributed by atoms with Crippen molar-refractivity contribution < 1.29 is 13.2 Å². The average Bonchev–Trinajstić information content (AvgIpc) is 2.46. The Labute approximate surface area is 127 Å². The molecule has 0 spiro atoms. The predicted molar refractivity (Wildman–Crippen MR) is 79.8 cm³/mol. The van der Waals surface area contributed by atoms with Crippen molar-refractivity contribution in [3.8, 4) is 0 Å². The van der Waals surface area contributed by atoms with Crippen molar-refractivity contribution in [3.63, 3.8) is 0 Å². The van der Waals surface area contributed by atoms with Crippen LogP contribution in [0.25, 0.3) is 0 Å². The maximum atomic E-state index is 12.6. The summed E-state index contributed by atoms with van der Waals surface area (Å²) in [7, 11) is -2.63. The van der Waals surface area contributed by atoms with E-state index in [0.29, 0.717) is 0 Å². The van der Waals surface area contributed by atoms with Crippen LogP contribution in [-0.2, 0) is 10.0 Å². The maximum Gasteiger partial charge on any atom is 0.267 e. The van der Waals surface area contributed by atoms with Gasteiger partial charge in [0.2, 0.25) is 0 Å². The summed E-state index contributed by atoms with van der Waals surface area (Å²) in [5.74, 6) is -0.718. The number of nitrogens with zero attached hydrogens (tertiary/aromatic N) is 2. The van der Waals surface area contributed by atoms with Gasteiger partial charge in [0.15, 0.2) is 0 Å². The zero-order valence-electron chi connectivity index (χ0n) is 11.0. The molecule has 1 amide bonds. The number of carbonyl (C=O) groups excluding carboxylic acids is 1. The second-order valence-electron chi connectivity index (χ2n) is 4.15. The van der Waals surface area contributed by atoms with Crippen LogP contribution in [0.3, 0.4) is 0 Å². The smallest absolute Gasteiger partial charge is 0.267 e. The minimum atomic E-state index is -3.95. The molecule has 0 saturated heterocycles. The molecule has 2 N–H and O–H groups in total. The summed E-state index contributed by atoms with van der Waals surface area (Å²) < 4.78 is 26.1. The molecule has 0 aliphatic rings. The van der Waals surface area contributed by atoms with E-state index in [0.717, 1.165) is 4.31 Å². The molecule has 21 heavy (non-hydrogen) atoms. The van der Waals surface area contributed by atoms with Gasteiger partial charge in [-0.3, -0.25) is 9.10 Å². The minimum Gasteiger partial charge on any atom is -0.366 e. The Morgan fingerprint density at radius 2 is 1.90 bits per heavy atom. The van der Waals surface area contributed by atoms with E-state index >= 15 is 0 Å². The van der Waals surface area contributed by atoms with Gasteiger partial charge in [-0.15, -0.1) is 0 Å². The van der Waals surface area contributed by atoms with Gasteiger partial charge in [-0.25, -0.2) is 13.4 Å². The van der Waals surface area contributed by atoms with Gasteiger partial charge >= 0.3 is 0 Å². The van der Waals surface area contributed by atoms with Crippen LogP contribution in [-0.4, -0.2) is 26.4 Å².